The Labute approximate surface area is 101 Å². The van der Waals surface area contributed by atoms with Crippen molar-refractivity contribution in [3.05, 3.63) is 0 Å². The normalized spacial score (nSPS) is 22.9. The van der Waals surface area contributed by atoms with Crippen molar-refractivity contribution in [3.8, 4) is 0 Å². The molecular formula is C11H20N2O2S. The molecule has 1 unspecified atom stereocenters. The first-order valence-corrected chi connectivity index (χ1v) is 6.62. The second-order valence-corrected chi connectivity index (χ2v) is 5.00. The summed E-state index contributed by atoms with van der Waals surface area (Å²) in [6, 6.07) is -0.426. The zero-order chi connectivity index (χ0) is 12.2. The Morgan fingerprint density at radius 1 is 1.62 bits per heavy atom. The zero-order valence-electron chi connectivity index (χ0n) is 10.4. The molecule has 0 aromatic carbocycles. The van der Waals surface area contributed by atoms with Crippen LogP contribution in [0.3, 0.4) is 0 Å². The number of aliphatic imine (C=N–C) groups is 1. The minimum absolute atomic E-state index is 0.152. The fourth-order valence-corrected chi connectivity index (χ4v) is 3.02. The summed E-state index contributed by atoms with van der Waals surface area (Å²) in [7, 11) is 1.39. The smallest absolute Gasteiger partial charge is 0.330 e. The van der Waals surface area contributed by atoms with E-state index < -0.39 is 6.04 Å². The quantitative estimate of drug-likeness (QED) is 0.766. The second-order valence-electron chi connectivity index (χ2n) is 4.03. The monoisotopic (exact) mass is 244 g/mol. The van der Waals surface area contributed by atoms with Crippen molar-refractivity contribution in [2.24, 2.45) is 4.99 Å². The molecule has 16 heavy (non-hydrogen) atoms. The van der Waals surface area contributed by atoms with E-state index >= 15 is 0 Å². The van der Waals surface area contributed by atoms with Crippen LogP contribution < -0.4 is 5.32 Å². The molecule has 0 aromatic rings. The number of rotatable bonds is 4. The van der Waals surface area contributed by atoms with Crippen LogP contribution in [0.5, 0.6) is 0 Å². The number of ether oxygens (including phenoxy) is 1. The molecule has 0 aromatic heterocycles. The van der Waals surface area contributed by atoms with Crippen LogP contribution in [0.2, 0.25) is 0 Å². The number of esters is 1. The zero-order valence-corrected chi connectivity index (χ0v) is 11.2. The van der Waals surface area contributed by atoms with Crippen LogP contribution in [0.25, 0.3) is 0 Å². The molecule has 5 heteroatoms. The Hall–Kier alpha value is -0.710. The summed E-state index contributed by atoms with van der Waals surface area (Å²) in [6.07, 6.45) is 2.14. The predicted molar refractivity (Wildman–Crippen MR) is 67.8 cm³/mol. The van der Waals surface area contributed by atoms with Crippen molar-refractivity contribution in [2.45, 2.75) is 45.2 Å². The third-order valence-electron chi connectivity index (χ3n) is 3.06. The van der Waals surface area contributed by atoms with Gasteiger partial charge in [-0.25, -0.2) is 9.79 Å². The molecule has 92 valence electrons. The summed E-state index contributed by atoms with van der Waals surface area (Å²) >= 11 is 1.69. The molecule has 0 spiro atoms. The number of amidine groups is 1. The van der Waals surface area contributed by atoms with Crippen molar-refractivity contribution in [2.75, 3.05) is 12.9 Å². The molecule has 0 saturated carbocycles. The highest BCUT2D eigenvalue weighted by Crippen LogP contribution is 2.29. The lowest BCUT2D eigenvalue weighted by atomic mass is 9.96. The van der Waals surface area contributed by atoms with Crippen LogP contribution in [0.1, 0.15) is 33.6 Å². The van der Waals surface area contributed by atoms with Crippen LogP contribution in [0, 0.1) is 0 Å². The molecule has 1 atom stereocenters. The molecule has 1 fully saturated rings. The molecule has 0 amide bonds. The second kappa shape index (κ2) is 5.57. The Morgan fingerprint density at radius 3 is 2.69 bits per heavy atom. The number of nitrogens with zero attached hydrogens (tertiary/aromatic N) is 1. The lowest BCUT2D eigenvalue weighted by Crippen LogP contribution is -2.42. The van der Waals surface area contributed by atoms with Crippen LogP contribution in [0.4, 0.5) is 0 Å². The topological polar surface area (TPSA) is 50.7 Å². The van der Waals surface area contributed by atoms with Crippen molar-refractivity contribution < 1.29 is 9.53 Å². The van der Waals surface area contributed by atoms with Gasteiger partial charge in [-0.2, -0.15) is 0 Å². The molecule has 0 radical (unpaired) electrons. The summed E-state index contributed by atoms with van der Waals surface area (Å²) in [5.41, 5.74) is 0.152. The lowest BCUT2D eigenvalue weighted by molar-refractivity contribution is -0.141. The van der Waals surface area contributed by atoms with E-state index in [1.807, 2.05) is 0 Å². The fourth-order valence-electron chi connectivity index (χ4n) is 1.61. The molecule has 1 N–H and O–H groups in total. The van der Waals surface area contributed by atoms with Gasteiger partial charge in [-0.15, -0.1) is 0 Å². The molecular weight excluding hydrogens is 224 g/mol. The van der Waals surface area contributed by atoms with E-state index in [-0.39, 0.29) is 11.5 Å². The molecule has 1 rings (SSSR count). The molecule has 1 aliphatic rings. The van der Waals surface area contributed by atoms with Crippen molar-refractivity contribution >= 4 is 22.9 Å². The number of carbonyl (C=O) groups is 1. The molecule has 1 saturated heterocycles. The standard InChI is InChI=1S/C11H20N2O2S/c1-5-11(6-2)7-16-10(13-11)12-8(3)9(14)15-4/h8H,5-7H2,1-4H3,(H,12,13). The SMILES string of the molecule is CCC1(CC)CSC(=NC(C)C(=O)OC)N1. The first kappa shape index (κ1) is 13.4. The summed E-state index contributed by atoms with van der Waals surface area (Å²) in [4.78, 5) is 15.6. The van der Waals surface area contributed by atoms with E-state index in [4.69, 9.17) is 0 Å². The van der Waals surface area contributed by atoms with Gasteiger partial charge in [-0.1, -0.05) is 25.6 Å². The maximum absolute atomic E-state index is 11.2. The maximum atomic E-state index is 11.2. The minimum Gasteiger partial charge on any atom is -0.467 e. The summed E-state index contributed by atoms with van der Waals surface area (Å²) < 4.78 is 4.64. The van der Waals surface area contributed by atoms with Gasteiger partial charge in [0, 0.05) is 11.3 Å². The van der Waals surface area contributed by atoms with Gasteiger partial charge in [0.15, 0.2) is 5.17 Å². The molecule has 1 aliphatic heterocycles. The van der Waals surface area contributed by atoms with Crippen molar-refractivity contribution in [3.63, 3.8) is 0 Å². The lowest BCUT2D eigenvalue weighted by Gasteiger charge is -2.25. The summed E-state index contributed by atoms with van der Waals surface area (Å²) in [5.74, 6) is 0.729. The third-order valence-corrected chi connectivity index (χ3v) is 4.24. The number of carbonyl (C=O) groups excluding carboxylic acids is 1. The van der Waals surface area contributed by atoms with Gasteiger partial charge in [-0.05, 0) is 19.8 Å². The van der Waals surface area contributed by atoms with E-state index in [1.165, 1.54) is 7.11 Å². The Kier molecular flexibility index (Phi) is 4.65. The number of hydrogen-bond acceptors (Lipinski definition) is 4. The van der Waals surface area contributed by atoms with Crippen LogP contribution in [0.15, 0.2) is 4.99 Å². The first-order valence-electron chi connectivity index (χ1n) is 5.63. The Bertz CT molecular complexity index is 288. The average molecular weight is 244 g/mol. The fraction of sp³-hybridized carbons (Fsp3) is 0.818. The molecule has 0 aliphatic carbocycles. The van der Waals surface area contributed by atoms with E-state index in [2.05, 4.69) is 28.9 Å². The van der Waals surface area contributed by atoms with Gasteiger partial charge in [0.2, 0.25) is 0 Å². The van der Waals surface area contributed by atoms with Gasteiger partial charge in [0.1, 0.15) is 6.04 Å². The maximum Gasteiger partial charge on any atom is 0.330 e. The van der Waals surface area contributed by atoms with E-state index in [0.717, 1.165) is 23.8 Å². The summed E-state index contributed by atoms with van der Waals surface area (Å²) in [6.45, 7) is 6.09. The van der Waals surface area contributed by atoms with Gasteiger partial charge < -0.3 is 10.1 Å². The molecule has 4 nitrogen and oxygen atoms in total. The highest BCUT2D eigenvalue weighted by molar-refractivity contribution is 8.14. The van der Waals surface area contributed by atoms with Crippen LogP contribution in [-0.2, 0) is 9.53 Å². The van der Waals surface area contributed by atoms with Crippen LogP contribution in [-0.4, -0.2) is 35.6 Å². The van der Waals surface area contributed by atoms with E-state index in [0.29, 0.717) is 0 Å². The predicted octanol–water partition coefficient (Wildman–Crippen LogP) is 1.80. The Morgan fingerprint density at radius 2 is 2.25 bits per heavy atom. The van der Waals surface area contributed by atoms with Gasteiger partial charge >= 0.3 is 5.97 Å². The minimum atomic E-state index is -0.426. The van der Waals surface area contributed by atoms with Gasteiger partial charge in [0.05, 0.1) is 7.11 Å². The number of thioether (sulfide) groups is 1. The molecule has 1 heterocycles. The van der Waals surface area contributed by atoms with Gasteiger partial charge in [0.25, 0.3) is 0 Å². The number of methoxy groups -OCH3 is 1. The van der Waals surface area contributed by atoms with Crippen molar-refractivity contribution in [1.29, 1.82) is 0 Å². The largest absolute Gasteiger partial charge is 0.467 e. The highest BCUT2D eigenvalue weighted by Gasteiger charge is 2.34. The van der Waals surface area contributed by atoms with E-state index in [1.54, 1.807) is 18.7 Å². The first-order chi connectivity index (χ1) is 7.56. The summed E-state index contributed by atoms with van der Waals surface area (Å²) in [5, 5.41) is 4.28. The highest BCUT2D eigenvalue weighted by atomic mass is 32.2. The molecule has 0 bridgehead atoms. The third kappa shape index (κ3) is 2.90. The number of nitrogens with one attached hydrogen (secondary N) is 1. The van der Waals surface area contributed by atoms with Crippen LogP contribution >= 0.6 is 11.8 Å². The average Bonchev–Trinajstić information content (AvgIpc) is 2.72. The van der Waals surface area contributed by atoms with E-state index in [9.17, 15) is 4.79 Å². The number of hydrogen-bond donors (Lipinski definition) is 1. The van der Waals surface area contributed by atoms with Gasteiger partial charge in [-0.3, -0.25) is 0 Å². The van der Waals surface area contributed by atoms with Crippen molar-refractivity contribution in [1.82, 2.24) is 5.32 Å². The Balaban J connectivity index is 2.65.